The summed E-state index contributed by atoms with van der Waals surface area (Å²) in [7, 11) is 1.95. The summed E-state index contributed by atoms with van der Waals surface area (Å²) >= 11 is 0. The fourth-order valence-electron chi connectivity index (χ4n) is 2.30. The lowest BCUT2D eigenvalue weighted by Gasteiger charge is -2.22. The minimum absolute atomic E-state index is 0.0288. The molecular weight excluding hydrogens is 246 g/mol. The Hall–Kier alpha value is -1.80. The van der Waals surface area contributed by atoms with Crippen LogP contribution in [0.4, 0.5) is 0 Å². The Morgan fingerprint density at radius 3 is 2.25 bits per heavy atom. The second kappa shape index (κ2) is 7.11. The van der Waals surface area contributed by atoms with E-state index in [1.165, 1.54) is 11.1 Å². The summed E-state index contributed by atoms with van der Waals surface area (Å²) in [4.78, 5) is 0. The highest BCUT2D eigenvalue weighted by Gasteiger charge is 2.15. The van der Waals surface area contributed by atoms with Crippen LogP contribution >= 0.6 is 0 Å². The van der Waals surface area contributed by atoms with Crippen LogP contribution in [0.2, 0.25) is 0 Å². The molecule has 2 nitrogen and oxygen atoms in total. The van der Waals surface area contributed by atoms with E-state index in [1.807, 2.05) is 19.2 Å². The van der Waals surface area contributed by atoms with Crippen LogP contribution in [-0.4, -0.2) is 13.6 Å². The molecule has 0 aliphatic carbocycles. The smallest absolute Gasteiger partial charge is 0.136 e. The maximum Gasteiger partial charge on any atom is 0.136 e. The van der Waals surface area contributed by atoms with Gasteiger partial charge in [0.05, 0.1) is 0 Å². The molecular formula is C18H23NO. The van der Waals surface area contributed by atoms with Gasteiger partial charge in [0.1, 0.15) is 11.9 Å². The van der Waals surface area contributed by atoms with Crippen LogP contribution in [0.25, 0.3) is 0 Å². The van der Waals surface area contributed by atoms with Gasteiger partial charge in [0, 0.05) is 6.54 Å². The van der Waals surface area contributed by atoms with Crippen LogP contribution in [-0.2, 0) is 0 Å². The van der Waals surface area contributed by atoms with Gasteiger partial charge in [-0.2, -0.15) is 0 Å². The molecule has 2 aromatic rings. The molecule has 0 heterocycles. The Morgan fingerprint density at radius 1 is 0.950 bits per heavy atom. The van der Waals surface area contributed by atoms with Crippen molar-refractivity contribution in [2.45, 2.75) is 25.9 Å². The zero-order valence-corrected chi connectivity index (χ0v) is 12.5. The normalized spacial score (nSPS) is 12.4. The molecule has 1 atom stereocenters. The van der Waals surface area contributed by atoms with Gasteiger partial charge in [0.2, 0.25) is 0 Å². The molecule has 0 radical (unpaired) electrons. The van der Waals surface area contributed by atoms with Crippen molar-refractivity contribution in [3.8, 4) is 5.75 Å². The zero-order valence-electron chi connectivity index (χ0n) is 12.5. The lowest BCUT2D eigenvalue weighted by atomic mass is 10.0. The highest BCUT2D eigenvalue weighted by atomic mass is 16.5. The zero-order chi connectivity index (χ0) is 14.4. The largest absolute Gasteiger partial charge is 0.484 e. The third kappa shape index (κ3) is 3.61. The van der Waals surface area contributed by atoms with Gasteiger partial charge in [-0.1, -0.05) is 62.4 Å². The Balaban J connectivity index is 2.25. The Bertz CT molecular complexity index is 522. The van der Waals surface area contributed by atoms with E-state index < -0.39 is 0 Å². The standard InChI is InChI=1S/C18H23NO/c1-14(2)16-11-7-8-12-17(16)20-18(13-19-3)15-9-5-4-6-10-15/h4-12,14,18-19H,13H2,1-3H3. The van der Waals surface area contributed by atoms with E-state index in [0.29, 0.717) is 5.92 Å². The predicted molar refractivity (Wildman–Crippen MR) is 84.3 cm³/mol. The molecule has 106 valence electrons. The molecule has 0 aliphatic heterocycles. The minimum atomic E-state index is 0.0288. The van der Waals surface area contributed by atoms with E-state index in [9.17, 15) is 0 Å². The highest BCUT2D eigenvalue weighted by Crippen LogP contribution is 2.29. The summed E-state index contributed by atoms with van der Waals surface area (Å²) < 4.78 is 6.27. The van der Waals surface area contributed by atoms with E-state index in [0.717, 1.165) is 12.3 Å². The van der Waals surface area contributed by atoms with E-state index in [2.05, 4.69) is 61.6 Å². The van der Waals surface area contributed by atoms with Crippen LogP contribution < -0.4 is 10.1 Å². The van der Waals surface area contributed by atoms with Gasteiger partial charge in [-0.15, -0.1) is 0 Å². The fraction of sp³-hybridized carbons (Fsp3) is 0.333. The second-order valence-electron chi connectivity index (χ2n) is 5.27. The van der Waals surface area contributed by atoms with Crippen LogP contribution in [0.3, 0.4) is 0 Å². The number of ether oxygens (including phenoxy) is 1. The Kier molecular flexibility index (Phi) is 5.19. The fourth-order valence-corrected chi connectivity index (χ4v) is 2.30. The second-order valence-corrected chi connectivity index (χ2v) is 5.27. The Morgan fingerprint density at radius 2 is 1.60 bits per heavy atom. The number of benzene rings is 2. The third-order valence-corrected chi connectivity index (χ3v) is 3.37. The van der Waals surface area contributed by atoms with E-state index in [-0.39, 0.29) is 6.10 Å². The van der Waals surface area contributed by atoms with Crippen LogP contribution in [0.15, 0.2) is 54.6 Å². The number of hydrogen-bond acceptors (Lipinski definition) is 2. The maximum absolute atomic E-state index is 6.27. The van der Waals surface area contributed by atoms with Crippen molar-refractivity contribution in [1.82, 2.24) is 5.32 Å². The van der Waals surface area contributed by atoms with Crippen molar-refractivity contribution in [2.24, 2.45) is 0 Å². The number of rotatable bonds is 6. The lowest BCUT2D eigenvalue weighted by molar-refractivity contribution is 0.202. The van der Waals surface area contributed by atoms with Crippen LogP contribution in [0.5, 0.6) is 5.75 Å². The lowest BCUT2D eigenvalue weighted by Crippen LogP contribution is -2.22. The van der Waals surface area contributed by atoms with Crippen molar-refractivity contribution in [3.05, 3.63) is 65.7 Å². The van der Waals surface area contributed by atoms with Crippen molar-refractivity contribution < 1.29 is 4.74 Å². The molecule has 0 saturated heterocycles. The monoisotopic (exact) mass is 269 g/mol. The first-order valence-electron chi connectivity index (χ1n) is 7.17. The number of nitrogens with one attached hydrogen (secondary N) is 1. The first-order valence-corrected chi connectivity index (χ1v) is 7.17. The average Bonchev–Trinajstić information content (AvgIpc) is 2.48. The Labute approximate surface area is 121 Å². The molecule has 0 aromatic heterocycles. The van der Waals surface area contributed by atoms with E-state index in [4.69, 9.17) is 4.74 Å². The van der Waals surface area contributed by atoms with Crippen molar-refractivity contribution >= 4 is 0 Å². The number of hydrogen-bond donors (Lipinski definition) is 1. The summed E-state index contributed by atoms with van der Waals surface area (Å²) in [5, 5.41) is 3.21. The molecule has 0 bridgehead atoms. The van der Waals surface area contributed by atoms with Crippen molar-refractivity contribution in [2.75, 3.05) is 13.6 Å². The first-order chi connectivity index (χ1) is 9.72. The number of para-hydroxylation sites is 1. The van der Waals surface area contributed by atoms with E-state index >= 15 is 0 Å². The summed E-state index contributed by atoms with van der Waals surface area (Å²) in [6.45, 7) is 5.17. The summed E-state index contributed by atoms with van der Waals surface area (Å²) in [5.74, 6) is 1.43. The molecule has 20 heavy (non-hydrogen) atoms. The molecule has 1 N–H and O–H groups in total. The minimum Gasteiger partial charge on any atom is -0.484 e. The number of likely N-dealkylation sites (N-methyl/N-ethyl adjacent to an activating group) is 1. The summed E-state index contributed by atoms with van der Waals surface area (Å²) in [6, 6.07) is 18.6. The molecule has 0 saturated carbocycles. The molecule has 0 fully saturated rings. The van der Waals surface area contributed by atoms with Gasteiger partial charge < -0.3 is 10.1 Å². The van der Waals surface area contributed by atoms with Gasteiger partial charge in [-0.3, -0.25) is 0 Å². The molecule has 0 spiro atoms. The SMILES string of the molecule is CNCC(Oc1ccccc1C(C)C)c1ccccc1. The molecule has 0 amide bonds. The third-order valence-electron chi connectivity index (χ3n) is 3.37. The van der Waals surface area contributed by atoms with E-state index in [1.54, 1.807) is 0 Å². The maximum atomic E-state index is 6.27. The van der Waals surface area contributed by atoms with Gasteiger partial charge in [-0.25, -0.2) is 0 Å². The van der Waals surface area contributed by atoms with Crippen LogP contribution in [0.1, 0.15) is 37.0 Å². The summed E-state index contributed by atoms with van der Waals surface area (Å²) in [5.41, 5.74) is 2.45. The van der Waals surface area contributed by atoms with Gasteiger partial charge >= 0.3 is 0 Å². The predicted octanol–water partition coefficient (Wildman–Crippen LogP) is 4.15. The molecule has 2 aromatic carbocycles. The topological polar surface area (TPSA) is 21.3 Å². The van der Waals surface area contributed by atoms with Crippen LogP contribution in [0, 0.1) is 0 Å². The van der Waals surface area contributed by atoms with Gasteiger partial charge in [-0.05, 0) is 30.2 Å². The molecule has 2 rings (SSSR count). The molecule has 0 aliphatic rings. The van der Waals surface area contributed by atoms with Gasteiger partial charge in [0.25, 0.3) is 0 Å². The molecule has 2 heteroatoms. The highest BCUT2D eigenvalue weighted by molar-refractivity contribution is 5.36. The van der Waals surface area contributed by atoms with Gasteiger partial charge in [0.15, 0.2) is 0 Å². The van der Waals surface area contributed by atoms with Crippen molar-refractivity contribution in [1.29, 1.82) is 0 Å². The van der Waals surface area contributed by atoms with Crippen molar-refractivity contribution in [3.63, 3.8) is 0 Å². The summed E-state index contributed by atoms with van der Waals surface area (Å²) in [6.07, 6.45) is 0.0288. The average molecular weight is 269 g/mol. The quantitative estimate of drug-likeness (QED) is 0.850. The first kappa shape index (κ1) is 14.6. The molecule has 1 unspecified atom stereocenters.